The number of nitrogens with one attached hydrogen (secondary N) is 2. The van der Waals surface area contributed by atoms with Crippen molar-refractivity contribution < 1.29 is 4.79 Å². The molecule has 1 aliphatic heterocycles. The van der Waals surface area contributed by atoms with Crippen molar-refractivity contribution in [3.05, 3.63) is 34.3 Å². The second-order valence-corrected chi connectivity index (χ2v) is 5.26. The summed E-state index contributed by atoms with van der Waals surface area (Å²) in [5, 5.41) is 9.78. The van der Waals surface area contributed by atoms with Crippen LogP contribution in [-0.4, -0.2) is 42.9 Å². The fourth-order valence-electron chi connectivity index (χ4n) is 1.91. The van der Waals surface area contributed by atoms with Gasteiger partial charge in [0.1, 0.15) is 17.7 Å². The molecule has 20 heavy (non-hydrogen) atoms. The molecule has 0 bridgehead atoms. The Bertz CT molecular complexity index is 681. The van der Waals surface area contributed by atoms with Gasteiger partial charge in [0.15, 0.2) is 5.16 Å². The highest BCUT2D eigenvalue weighted by atomic mass is 32.2. The first-order valence-corrected chi connectivity index (χ1v) is 7.09. The van der Waals surface area contributed by atoms with Gasteiger partial charge in [0.05, 0.1) is 0 Å². The van der Waals surface area contributed by atoms with E-state index in [1.807, 2.05) is 0 Å². The smallest absolute Gasteiger partial charge is 0.267 e. The van der Waals surface area contributed by atoms with Gasteiger partial charge in [-0.25, -0.2) is 9.97 Å². The van der Waals surface area contributed by atoms with Crippen LogP contribution in [0.1, 0.15) is 16.2 Å². The molecule has 0 unspecified atom stereocenters. The van der Waals surface area contributed by atoms with Gasteiger partial charge in [0, 0.05) is 31.5 Å². The number of hydrogen-bond donors (Lipinski definition) is 2. The highest BCUT2D eigenvalue weighted by Crippen LogP contribution is 2.20. The molecule has 8 nitrogen and oxygen atoms in total. The molecular weight excluding hydrogens is 280 g/mol. The average Bonchev–Trinajstić information content (AvgIpc) is 3.09. The number of hydrogen-bond acceptors (Lipinski definition) is 6. The first-order chi connectivity index (χ1) is 9.75. The first kappa shape index (κ1) is 12.9. The molecular formula is C11H12N6O2S. The van der Waals surface area contributed by atoms with Crippen molar-refractivity contribution in [3.63, 3.8) is 0 Å². The Morgan fingerprint density at radius 2 is 2.40 bits per heavy atom. The van der Waals surface area contributed by atoms with E-state index in [2.05, 4.69) is 25.5 Å². The maximum Gasteiger partial charge on any atom is 0.267 e. The third-order valence-corrected chi connectivity index (χ3v) is 3.88. The summed E-state index contributed by atoms with van der Waals surface area (Å²) in [6, 6.07) is 0. The molecule has 2 N–H and O–H groups in total. The maximum absolute atomic E-state index is 12.1. The predicted octanol–water partition coefficient (Wildman–Crippen LogP) is -0.560. The average molecular weight is 292 g/mol. The molecule has 0 atom stereocenters. The molecule has 0 saturated heterocycles. The van der Waals surface area contributed by atoms with Crippen LogP contribution in [0.15, 0.2) is 22.5 Å². The van der Waals surface area contributed by atoms with E-state index in [1.165, 1.54) is 28.9 Å². The van der Waals surface area contributed by atoms with Crippen LogP contribution in [0.4, 0.5) is 0 Å². The van der Waals surface area contributed by atoms with E-state index in [1.54, 1.807) is 0 Å². The molecule has 3 rings (SSSR count). The fourth-order valence-corrected chi connectivity index (χ4v) is 2.83. The summed E-state index contributed by atoms with van der Waals surface area (Å²) in [6.45, 7) is 0.981. The van der Waals surface area contributed by atoms with Crippen LogP contribution in [0.25, 0.3) is 0 Å². The Hall–Kier alpha value is -2.16. The molecule has 2 aromatic heterocycles. The molecule has 0 aromatic carbocycles. The molecule has 1 amide bonds. The molecule has 0 fully saturated rings. The van der Waals surface area contributed by atoms with Gasteiger partial charge in [-0.2, -0.15) is 5.10 Å². The summed E-state index contributed by atoms with van der Waals surface area (Å²) in [6.07, 6.45) is 3.28. The molecule has 9 heteroatoms. The van der Waals surface area contributed by atoms with E-state index in [0.717, 1.165) is 5.75 Å². The quantitative estimate of drug-likeness (QED) is 0.732. The van der Waals surface area contributed by atoms with Crippen LogP contribution in [0.2, 0.25) is 0 Å². The van der Waals surface area contributed by atoms with E-state index in [0.29, 0.717) is 30.5 Å². The van der Waals surface area contributed by atoms with Gasteiger partial charge >= 0.3 is 0 Å². The second kappa shape index (κ2) is 5.45. The minimum atomic E-state index is -0.408. The van der Waals surface area contributed by atoms with Gasteiger partial charge in [-0.05, 0) is 0 Å². The number of fused-ring (bicyclic) bond motifs is 1. The number of aromatic nitrogens is 5. The van der Waals surface area contributed by atoms with Gasteiger partial charge in [-0.1, -0.05) is 11.8 Å². The van der Waals surface area contributed by atoms with E-state index >= 15 is 0 Å². The van der Waals surface area contributed by atoms with Gasteiger partial charge in [0.2, 0.25) is 0 Å². The van der Waals surface area contributed by atoms with Crippen molar-refractivity contribution in [2.24, 2.45) is 0 Å². The normalized spacial score (nSPS) is 13.2. The molecule has 104 valence electrons. The summed E-state index contributed by atoms with van der Waals surface area (Å²) in [4.78, 5) is 32.2. The molecule has 0 spiro atoms. The van der Waals surface area contributed by atoms with Crippen molar-refractivity contribution in [2.75, 3.05) is 12.3 Å². The highest BCUT2D eigenvalue weighted by Gasteiger charge is 2.19. The van der Waals surface area contributed by atoms with Crippen LogP contribution in [0.3, 0.4) is 0 Å². The number of carbonyl (C=O) groups excluding carboxylic acids is 1. The van der Waals surface area contributed by atoms with Crippen molar-refractivity contribution in [1.29, 1.82) is 0 Å². The fraction of sp³-hybridized carbons (Fsp3) is 0.364. The molecule has 2 aromatic rings. The lowest BCUT2D eigenvalue weighted by Gasteiger charge is -2.06. The number of aromatic amines is 1. The van der Waals surface area contributed by atoms with Gasteiger partial charge in [-0.3, -0.25) is 19.3 Å². The minimum Gasteiger partial charge on any atom is -0.351 e. The number of thioether (sulfide) groups is 1. The Kier molecular flexibility index (Phi) is 3.50. The van der Waals surface area contributed by atoms with Crippen LogP contribution < -0.4 is 10.9 Å². The first-order valence-electron chi connectivity index (χ1n) is 6.11. The molecule has 3 heterocycles. The second-order valence-electron chi connectivity index (χ2n) is 4.20. The van der Waals surface area contributed by atoms with Crippen molar-refractivity contribution >= 4 is 17.7 Å². The van der Waals surface area contributed by atoms with E-state index in [9.17, 15) is 9.59 Å². The summed E-state index contributed by atoms with van der Waals surface area (Å²) < 4.78 is 1.54. The van der Waals surface area contributed by atoms with Gasteiger partial charge in [-0.15, -0.1) is 0 Å². The van der Waals surface area contributed by atoms with E-state index < -0.39 is 5.91 Å². The third kappa shape index (κ3) is 2.44. The Labute approximate surface area is 118 Å². The number of H-pyrrole nitrogens is 1. The minimum absolute atomic E-state index is 0.0776. The third-order valence-electron chi connectivity index (χ3n) is 2.91. The molecule has 1 aliphatic rings. The lowest BCUT2D eigenvalue weighted by Crippen LogP contribution is -2.34. The van der Waals surface area contributed by atoms with Crippen LogP contribution in [-0.2, 0) is 13.0 Å². The topological polar surface area (TPSA) is 106 Å². The standard InChI is InChI=1S/C11H12N6O2S/c18-9(12-2-1-8-14-6-15-16-8)7-5-13-11-17(10(7)19)3-4-20-11/h5-6H,1-4H2,(H,12,18)(H,14,15,16). The van der Waals surface area contributed by atoms with Crippen molar-refractivity contribution in [1.82, 2.24) is 30.0 Å². The van der Waals surface area contributed by atoms with Crippen LogP contribution in [0.5, 0.6) is 0 Å². The maximum atomic E-state index is 12.1. The molecule has 0 aliphatic carbocycles. The zero-order valence-corrected chi connectivity index (χ0v) is 11.3. The number of carbonyl (C=O) groups is 1. The van der Waals surface area contributed by atoms with Gasteiger partial charge in [0.25, 0.3) is 11.5 Å². The van der Waals surface area contributed by atoms with Crippen LogP contribution >= 0.6 is 11.8 Å². The monoisotopic (exact) mass is 292 g/mol. The highest BCUT2D eigenvalue weighted by molar-refractivity contribution is 7.99. The van der Waals surface area contributed by atoms with Crippen LogP contribution in [0, 0.1) is 0 Å². The van der Waals surface area contributed by atoms with E-state index in [4.69, 9.17) is 0 Å². The number of amides is 1. The SMILES string of the molecule is O=C(NCCc1ncn[nH]1)c1cnc2n(c1=O)CCS2. The summed E-state index contributed by atoms with van der Waals surface area (Å²) in [5.41, 5.74) is -0.203. The predicted molar refractivity (Wildman–Crippen MR) is 71.6 cm³/mol. The van der Waals surface area contributed by atoms with Crippen molar-refractivity contribution in [2.45, 2.75) is 18.1 Å². The largest absolute Gasteiger partial charge is 0.351 e. The van der Waals surface area contributed by atoms with Gasteiger partial charge < -0.3 is 5.32 Å². The molecule has 0 saturated carbocycles. The summed E-state index contributed by atoms with van der Waals surface area (Å²) in [7, 11) is 0. The van der Waals surface area contributed by atoms with Crippen molar-refractivity contribution in [3.8, 4) is 0 Å². The summed E-state index contributed by atoms with van der Waals surface area (Å²) >= 11 is 1.52. The lowest BCUT2D eigenvalue weighted by molar-refractivity contribution is 0.0951. The number of nitrogens with zero attached hydrogens (tertiary/aromatic N) is 4. The number of rotatable bonds is 4. The molecule has 0 radical (unpaired) electrons. The Balaban J connectivity index is 1.67. The lowest BCUT2D eigenvalue weighted by atomic mass is 10.3. The summed E-state index contributed by atoms with van der Waals surface area (Å²) in [5.74, 6) is 1.10. The Morgan fingerprint density at radius 3 is 3.20 bits per heavy atom. The Morgan fingerprint density at radius 1 is 1.50 bits per heavy atom. The van der Waals surface area contributed by atoms with E-state index in [-0.39, 0.29) is 11.1 Å². The zero-order chi connectivity index (χ0) is 13.9. The zero-order valence-electron chi connectivity index (χ0n) is 10.5.